The first-order valence-electron chi connectivity index (χ1n) is 9.02. The van der Waals surface area contributed by atoms with Crippen LogP contribution in [0.25, 0.3) is 0 Å². The molecule has 1 aliphatic rings. The average molecular weight is 370 g/mol. The number of hydrogen-bond acceptors (Lipinski definition) is 4. The molecule has 27 heavy (non-hydrogen) atoms. The van der Waals surface area contributed by atoms with E-state index in [1.807, 2.05) is 6.07 Å². The number of benzene rings is 2. The van der Waals surface area contributed by atoms with Gasteiger partial charge in [0.15, 0.2) is 0 Å². The number of nitrogens with zero attached hydrogens (tertiary/aromatic N) is 1. The standard InChI is InChI=1S/C21H23FN2O3/c1-27-21(26)15-8-10-18(11-9-15)23-20(25)17-6-4-12-24(14-17)13-16-5-2-3-7-19(16)22/h2-3,5,7-11,17H,4,6,12-14H2,1H3,(H,23,25). The lowest BCUT2D eigenvalue weighted by molar-refractivity contribution is -0.121. The van der Waals surface area contributed by atoms with Crippen LogP contribution in [0.15, 0.2) is 48.5 Å². The Morgan fingerprint density at radius 2 is 1.93 bits per heavy atom. The molecule has 2 aromatic rings. The number of anilines is 1. The van der Waals surface area contributed by atoms with Crippen molar-refractivity contribution >= 4 is 17.6 Å². The Morgan fingerprint density at radius 1 is 1.19 bits per heavy atom. The number of likely N-dealkylation sites (tertiary alicyclic amines) is 1. The maximum atomic E-state index is 13.9. The quantitative estimate of drug-likeness (QED) is 0.819. The third-order valence-corrected chi connectivity index (χ3v) is 4.80. The molecule has 5 nitrogen and oxygen atoms in total. The lowest BCUT2D eigenvalue weighted by Crippen LogP contribution is -2.40. The van der Waals surface area contributed by atoms with Crippen LogP contribution in [-0.4, -0.2) is 37.0 Å². The molecule has 1 fully saturated rings. The summed E-state index contributed by atoms with van der Waals surface area (Å²) in [4.78, 5) is 26.2. The number of methoxy groups -OCH3 is 1. The average Bonchev–Trinajstić information content (AvgIpc) is 2.70. The zero-order valence-electron chi connectivity index (χ0n) is 15.3. The van der Waals surface area contributed by atoms with Crippen molar-refractivity contribution < 1.29 is 18.7 Å². The Hall–Kier alpha value is -2.73. The molecule has 1 aliphatic heterocycles. The smallest absolute Gasteiger partial charge is 0.337 e. The first-order valence-corrected chi connectivity index (χ1v) is 9.02. The van der Waals surface area contributed by atoms with E-state index >= 15 is 0 Å². The number of amides is 1. The van der Waals surface area contributed by atoms with Gasteiger partial charge in [0.2, 0.25) is 5.91 Å². The molecule has 6 heteroatoms. The summed E-state index contributed by atoms with van der Waals surface area (Å²) in [6.45, 7) is 1.95. The van der Waals surface area contributed by atoms with Gasteiger partial charge in [0.05, 0.1) is 18.6 Å². The minimum atomic E-state index is -0.413. The van der Waals surface area contributed by atoms with E-state index in [9.17, 15) is 14.0 Å². The Kier molecular flexibility index (Phi) is 6.19. The molecule has 0 spiro atoms. The summed E-state index contributed by atoms with van der Waals surface area (Å²) in [6, 6.07) is 13.3. The van der Waals surface area contributed by atoms with Gasteiger partial charge in [-0.1, -0.05) is 18.2 Å². The zero-order chi connectivity index (χ0) is 19.2. The number of piperidine rings is 1. The van der Waals surface area contributed by atoms with Gasteiger partial charge < -0.3 is 10.1 Å². The zero-order valence-corrected chi connectivity index (χ0v) is 15.3. The highest BCUT2D eigenvalue weighted by molar-refractivity contribution is 5.94. The van der Waals surface area contributed by atoms with Gasteiger partial charge in [0.1, 0.15) is 5.82 Å². The molecule has 1 amide bonds. The van der Waals surface area contributed by atoms with E-state index in [0.717, 1.165) is 19.4 Å². The minimum Gasteiger partial charge on any atom is -0.465 e. The molecule has 142 valence electrons. The summed E-state index contributed by atoms with van der Waals surface area (Å²) in [6.07, 6.45) is 1.70. The van der Waals surface area contributed by atoms with Gasteiger partial charge in [0.25, 0.3) is 0 Å². The second-order valence-corrected chi connectivity index (χ2v) is 6.72. The van der Waals surface area contributed by atoms with Crippen LogP contribution in [0.5, 0.6) is 0 Å². The summed E-state index contributed by atoms with van der Waals surface area (Å²) in [5.41, 5.74) is 1.72. The third kappa shape index (κ3) is 4.92. The molecule has 1 unspecified atom stereocenters. The molecule has 3 rings (SSSR count). The van der Waals surface area contributed by atoms with E-state index in [0.29, 0.717) is 29.9 Å². The first kappa shape index (κ1) is 19.0. The van der Waals surface area contributed by atoms with Crippen molar-refractivity contribution in [1.29, 1.82) is 0 Å². The Balaban J connectivity index is 1.58. The number of rotatable bonds is 5. The van der Waals surface area contributed by atoms with E-state index in [2.05, 4.69) is 15.0 Å². The highest BCUT2D eigenvalue weighted by atomic mass is 19.1. The molecule has 0 bridgehead atoms. The lowest BCUT2D eigenvalue weighted by Gasteiger charge is -2.32. The van der Waals surface area contributed by atoms with Crippen molar-refractivity contribution in [3.05, 3.63) is 65.5 Å². The lowest BCUT2D eigenvalue weighted by atomic mass is 9.96. The van der Waals surface area contributed by atoms with Crippen molar-refractivity contribution in [2.75, 3.05) is 25.5 Å². The fourth-order valence-electron chi connectivity index (χ4n) is 3.33. The van der Waals surface area contributed by atoms with E-state index in [-0.39, 0.29) is 17.6 Å². The van der Waals surface area contributed by atoms with Crippen LogP contribution in [0.1, 0.15) is 28.8 Å². The summed E-state index contributed by atoms with van der Waals surface area (Å²) < 4.78 is 18.5. The minimum absolute atomic E-state index is 0.0564. The Bertz CT molecular complexity index is 807. The highest BCUT2D eigenvalue weighted by Crippen LogP contribution is 2.21. The SMILES string of the molecule is COC(=O)c1ccc(NC(=O)C2CCCN(Cc3ccccc3F)C2)cc1. The van der Waals surface area contributed by atoms with Gasteiger partial charge in [-0.15, -0.1) is 0 Å². The van der Waals surface area contributed by atoms with Crippen molar-refractivity contribution in [3.63, 3.8) is 0 Å². The molecule has 1 heterocycles. The molecular formula is C21H23FN2O3. The van der Waals surface area contributed by atoms with E-state index in [1.165, 1.54) is 13.2 Å². The molecule has 1 N–H and O–H groups in total. The molecule has 0 aliphatic carbocycles. The van der Waals surface area contributed by atoms with E-state index in [4.69, 9.17) is 0 Å². The number of halogens is 1. The predicted octanol–water partition coefficient (Wildman–Crippen LogP) is 3.46. The Labute approximate surface area is 158 Å². The fourth-order valence-corrected chi connectivity index (χ4v) is 3.33. The molecule has 0 aromatic heterocycles. The van der Waals surface area contributed by atoms with Crippen LogP contribution in [-0.2, 0) is 16.1 Å². The van der Waals surface area contributed by atoms with Gasteiger partial charge in [-0.2, -0.15) is 0 Å². The summed E-state index contributed by atoms with van der Waals surface area (Å²) >= 11 is 0. The molecule has 1 saturated heterocycles. The second-order valence-electron chi connectivity index (χ2n) is 6.72. The van der Waals surface area contributed by atoms with Gasteiger partial charge in [0, 0.05) is 24.3 Å². The van der Waals surface area contributed by atoms with Gasteiger partial charge in [-0.25, -0.2) is 9.18 Å². The summed E-state index contributed by atoms with van der Waals surface area (Å²) in [5.74, 6) is -0.830. The number of carbonyl (C=O) groups is 2. The maximum Gasteiger partial charge on any atom is 0.337 e. The topological polar surface area (TPSA) is 58.6 Å². The highest BCUT2D eigenvalue weighted by Gasteiger charge is 2.26. The van der Waals surface area contributed by atoms with Crippen molar-refractivity contribution in [1.82, 2.24) is 4.90 Å². The largest absolute Gasteiger partial charge is 0.465 e. The monoisotopic (exact) mass is 370 g/mol. The molecular weight excluding hydrogens is 347 g/mol. The van der Waals surface area contributed by atoms with Gasteiger partial charge in [-0.05, 0) is 49.7 Å². The van der Waals surface area contributed by atoms with Crippen LogP contribution in [0.4, 0.5) is 10.1 Å². The number of hydrogen-bond donors (Lipinski definition) is 1. The Morgan fingerprint density at radius 3 is 2.63 bits per heavy atom. The second kappa shape index (κ2) is 8.77. The van der Waals surface area contributed by atoms with Crippen LogP contribution >= 0.6 is 0 Å². The van der Waals surface area contributed by atoms with E-state index < -0.39 is 5.97 Å². The number of nitrogens with one attached hydrogen (secondary N) is 1. The third-order valence-electron chi connectivity index (χ3n) is 4.80. The normalized spacial score (nSPS) is 17.3. The van der Waals surface area contributed by atoms with Gasteiger partial charge >= 0.3 is 5.97 Å². The fraction of sp³-hybridized carbons (Fsp3) is 0.333. The van der Waals surface area contributed by atoms with Crippen molar-refractivity contribution in [2.24, 2.45) is 5.92 Å². The summed E-state index contributed by atoms with van der Waals surface area (Å²) in [5, 5.41) is 2.90. The number of carbonyl (C=O) groups excluding carboxylic acids is 2. The molecule has 0 radical (unpaired) electrons. The predicted molar refractivity (Wildman–Crippen MR) is 101 cm³/mol. The van der Waals surface area contributed by atoms with Crippen LogP contribution < -0.4 is 5.32 Å². The number of esters is 1. The van der Waals surface area contributed by atoms with Gasteiger partial charge in [-0.3, -0.25) is 9.69 Å². The molecule has 2 aromatic carbocycles. The maximum absolute atomic E-state index is 13.9. The molecule has 1 atom stereocenters. The number of ether oxygens (including phenoxy) is 1. The summed E-state index contributed by atoms with van der Waals surface area (Å²) in [7, 11) is 1.33. The van der Waals surface area contributed by atoms with E-state index in [1.54, 1.807) is 36.4 Å². The van der Waals surface area contributed by atoms with Crippen LogP contribution in [0, 0.1) is 11.7 Å². The first-order chi connectivity index (χ1) is 13.1. The van der Waals surface area contributed by atoms with Crippen molar-refractivity contribution in [2.45, 2.75) is 19.4 Å². The molecule has 0 saturated carbocycles. The van der Waals surface area contributed by atoms with Crippen LogP contribution in [0.2, 0.25) is 0 Å². The van der Waals surface area contributed by atoms with Crippen molar-refractivity contribution in [3.8, 4) is 0 Å². The van der Waals surface area contributed by atoms with Crippen LogP contribution in [0.3, 0.4) is 0 Å².